The molecule has 0 amide bonds. The molecule has 0 rings (SSSR count). The van der Waals surface area contributed by atoms with Gasteiger partial charge < -0.3 is 0 Å². The maximum absolute atomic E-state index is 9.07. The maximum atomic E-state index is 9.07. The van der Waals surface area contributed by atoms with Crippen LogP contribution >= 0.6 is 8.03 Å². The van der Waals surface area contributed by atoms with Gasteiger partial charge in [0, 0.05) is 6.66 Å². The van der Waals surface area contributed by atoms with Gasteiger partial charge in [0.1, 0.15) is 0 Å². The lowest BCUT2D eigenvalue weighted by molar-refractivity contribution is 0.440. The molecule has 0 saturated heterocycles. The smallest absolute Gasteiger partial charge is 0.222 e. The molecule has 1 radical (unpaired) electrons. The van der Waals surface area contributed by atoms with Crippen LogP contribution in [0.25, 0.3) is 0 Å². The van der Waals surface area contributed by atoms with Crippen LogP contribution in [0.5, 0.6) is 0 Å². The van der Waals surface area contributed by atoms with Crippen molar-refractivity contribution in [1.29, 1.82) is 0 Å². The molecule has 0 saturated carbocycles. The molecule has 0 fully saturated rings. The molecular formula is CH4O2P. The first-order chi connectivity index (χ1) is 1.73. The Balaban J connectivity index is 2.80. The van der Waals surface area contributed by atoms with Crippen LogP contribution in [0.1, 0.15) is 0 Å². The van der Waals surface area contributed by atoms with E-state index in [1.807, 2.05) is 0 Å². The molecular weight excluding hydrogens is 75.0 g/mol. The molecule has 0 bridgehead atoms. The predicted octanol–water partition coefficient (Wildman–Crippen LogP) is 0.521. The second-order valence-corrected chi connectivity index (χ2v) is 1.47. The molecule has 0 N–H and O–H groups in total. The molecule has 0 spiro atoms. The SMILES string of the molecule is C[PH]([O])=O. The van der Waals surface area contributed by atoms with Crippen LogP contribution in [-0.4, -0.2) is 6.66 Å². The summed E-state index contributed by atoms with van der Waals surface area (Å²) in [5.74, 6) is 0. The van der Waals surface area contributed by atoms with Gasteiger partial charge in [0.25, 0.3) is 0 Å². The van der Waals surface area contributed by atoms with Gasteiger partial charge in [-0.15, -0.1) is 0 Å². The normalized spacial score (nSPS) is 15.5. The summed E-state index contributed by atoms with van der Waals surface area (Å²) in [7, 11) is -2.38. The summed E-state index contributed by atoms with van der Waals surface area (Å²) >= 11 is 0. The molecule has 3 heteroatoms. The fraction of sp³-hybridized carbons (Fsp3) is 1.00. The summed E-state index contributed by atoms with van der Waals surface area (Å²) in [6.07, 6.45) is 0. The number of hydrogen-bond donors (Lipinski definition) is 0. The largest absolute Gasteiger partial charge is 0.294 e. The lowest BCUT2D eigenvalue weighted by Crippen LogP contribution is -1.31. The van der Waals surface area contributed by atoms with Crippen LogP contribution in [0.3, 0.4) is 0 Å². The van der Waals surface area contributed by atoms with Crippen molar-refractivity contribution in [3.8, 4) is 0 Å². The van der Waals surface area contributed by atoms with Crippen molar-refractivity contribution in [1.82, 2.24) is 0 Å². The fourth-order valence-corrected chi connectivity index (χ4v) is 0. The third-order valence-corrected chi connectivity index (χ3v) is 0. The molecule has 0 aliphatic carbocycles. The van der Waals surface area contributed by atoms with E-state index in [-0.39, 0.29) is 0 Å². The van der Waals surface area contributed by atoms with Crippen LogP contribution < -0.4 is 0 Å². The van der Waals surface area contributed by atoms with Crippen molar-refractivity contribution in [2.75, 3.05) is 6.66 Å². The molecule has 0 aromatic heterocycles. The van der Waals surface area contributed by atoms with Gasteiger partial charge in [-0.25, -0.2) is 0 Å². The highest BCUT2D eigenvalue weighted by Gasteiger charge is 1.64. The first kappa shape index (κ1) is 4.19. The summed E-state index contributed by atoms with van der Waals surface area (Å²) in [6.45, 7) is 1.16. The summed E-state index contributed by atoms with van der Waals surface area (Å²) in [6, 6.07) is 0. The standard InChI is InChI=1S/CH4O2P/c1-4(2)3/h4H,1H3. The Hall–Kier alpha value is 0.190. The Kier molecular flexibility index (Phi) is 1.57. The van der Waals surface area contributed by atoms with E-state index >= 15 is 0 Å². The monoisotopic (exact) mass is 79.0 g/mol. The van der Waals surface area contributed by atoms with Gasteiger partial charge in [0.2, 0.25) is 8.03 Å². The van der Waals surface area contributed by atoms with Crippen molar-refractivity contribution in [3.63, 3.8) is 0 Å². The first-order valence-corrected chi connectivity index (χ1v) is 2.72. The van der Waals surface area contributed by atoms with Crippen molar-refractivity contribution in [3.05, 3.63) is 0 Å². The van der Waals surface area contributed by atoms with E-state index in [9.17, 15) is 0 Å². The third-order valence-electron chi connectivity index (χ3n) is 0. The van der Waals surface area contributed by atoms with Crippen LogP contribution in [0.15, 0.2) is 0 Å². The van der Waals surface area contributed by atoms with Gasteiger partial charge in [-0.2, -0.15) is 4.89 Å². The zero-order valence-electron chi connectivity index (χ0n) is 2.32. The van der Waals surface area contributed by atoms with E-state index in [1.165, 1.54) is 0 Å². The minimum Gasteiger partial charge on any atom is -0.294 e. The van der Waals surface area contributed by atoms with E-state index in [2.05, 4.69) is 0 Å². The zero-order chi connectivity index (χ0) is 3.58. The highest BCUT2D eigenvalue weighted by molar-refractivity contribution is 7.36. The molecule has 25 valence electrons. The molecule has 1 atom stereocenters. The average Bonchev–Trinajstić information content (AvgIpc) is 0.811. The summed E-state index contributed by atoms with van der Waals surface area (Å²) < 4.78 is 9.07. The Morgan fingerprint density at radius 3 is 1.75 bits per heavy atom. The predicted molar refractivity (Wildman–Crippen MR) is 15.6 cm³/mol. The van der Waals surface area contributed by atoms with Gasteiger partial charge in [-0.05, 0) is 0 Å². The second kappa shape index (κ2) is 1.50. The molecule has 0 aliphatic heterocycles. The maximum Gasteiger partial charge on any atom is 0.222 e. The average molecular weight is 79.0 g/mol. The van der Waals surface area contributed by atoms with Gasteiger partial charge in [0.05, 0.1) is 0 Å². The number of rotatable bonds is 0. The molecule has 0 heterocycles. The van der Waals surface area contributed by atoms with E-state index < -0.39 is 8.03 Å². The van der Waals surface area contributed by atoms with E-state index in [0.717, 1.165) is 6.66 Å². The summed E-state index contributed by atoms with van der Waals surface area (Å²) in [4.78, 5) is 9.07. The molecule has 0 aliphatic rings. The molecule has 2 nitrogen and oxygen atoms in total. The lowest BCUT2D eigenvalue weighted by atomic mass is 12.0. The van der Waals surface area contributed by atoms with Crippen molar-refractivity contribution < 1.29 is 9.46 Å². The highest BCUT2D eigenvalue weighted by atomic mass is 31.1. The topological polar surface area (TPSA) is 37.0 Å². The van der Waals surface area contributed by atoms with Crippen molar-refractivity contribution in [2.24, 2.45) is 0 Å². The van der Waals surface area contributed by atoms with E-state index in [4.69, 9.17) is 9.46 Å². The fourth-order valence-electron chi connectivity index (χ4n) is 0. The third kappa shape index (κ3) is 85.9. The van der Waals surface area contributed by atoms with Crippen LogP contribution in [0.2, 0.25) is 0 Å². The molecule has 1 unspecified atom stereocenters. The van der Waals surface area contributed by atoms with Gasteiger partial charge in [-0.1, -0.05) is 0 Å². The van der Waals surface area contributed by atoms with E-state index in [1.54, 1.807) is 0 Å². The quantitative estimate of drug-likeness (QED) is 0.390. The first-order valence-electron chi connectivity index (χ1n) is 0.908. The number of hydrogen-bond acceptors (Lipinski definition) is 1. The Labute approximate surface area is 25.3 Å². The van der Waals surface area contributed by atoms with Crippen molar-refractivity contribution in [2.45, 2.75) is 0 Å². The Bertz CT molecular complexity index is 29.0. The second-order valence-electron chi connectivity index (χ2n) is 0.492. The van der Waals surface area contributed by atoms with E-state index in [0.29, 0.717) is 0 Å². The lowest BCUT2D eigenvalue weighted by Gasteiger charge is -1.55. The molecule has 4 heavy (non-hydrogen) atoms. The summed E-state index contributed by atoms with van der Waals surface area (Å²) in [5.41, 5.74) is 0. The highest BCUT2D eigenvalue weighted by Crippen LogP contribution is 2.02. The minimum atomic E-state index is -2.38. The van der Waals surface area contributed by atoms with Gasteiger partial charge in [-0.3, -0.25) is 4.57 Å². The summed E-state index contributed by atoms with van der Waals surface area (Å²) in [5, 5.41) is 0. The molecule has 0 aromatic rings. The van der Waals surface area contributed by atoms with Crippen LogP contribution in [0.4, 0.5) is 0 Å². The van der Waals surface area contributed by atoms with Crippen LogP contribution in [0, 0.1) is 0 Å². The van der Waals surface area contributed by atoms with Crippen LogP contribution in [-0.2, 0) is 9.46 Å². The minimum absolute atomic E-state index is 1.16. The van der Waals surface area contributed by atoms with Crippen molar-refractivity contribution >= 4 is 8.03 Å². The zero-order valence-corrected chi connectivity index (χ0v) is 3.32. The van der Waals surface area contributed by atoms with Gasteiger partial charge in [0.15, 0.2) is 0 Å². The Morgan fingerprint density at radius 2 is 1.75 bits per heavy atom. The molecule has 0 aromatic carbocycles. The Morgan fingerprint density at radius 1 is 1.75 bits per heavy atom. The van der Waals surface area contributed by atoms with Gasteiger partial charge >= 0.3 is 0 Å².